The number of hydrogen-bond donors (Lipinski definition) is 1. The predicted octanol–water partition coefficient (Wildman–Crippen LogP) is 3.83. The highest BCUT2D eigenvalue weighted by molar-refractivity contribution is 7.89. The SMILES string of the molecule is CC1CCCCN1S(=O)(=O)c1cccc(C(=O)NCc2cccc(Cl)c2)c1. The summed E-state index contributed by atoms with van der Waals surface area (Å²) in [4.78, 5) is 12.6. The van der Waals surface area contributed by atoms with Gasteiger partial charge in [-0.05, 0) is 55.7 Å². The van der Waals surface area contributed by atoms with Crippen LogP contribution >= 0.6 is 11.6 Å². The van der Waals surface area contributed by atoms with Crippen molar-refractivity contribution in [1.82, 2.24) is 9.62 Å². The van der Waals surface area contributed by atoms with Crippen LogP contribution < -0.4 is 5.32 Å². The summed E-state index contributed by atoms with van der Waals surface area (Å²) in [7, 11) is -3.60. The van der Waals surface area contributed by atoms with Crippen LogP contribution in [0, 0.1) is 0 Å². The number of halogens is 1. The van der Waals surface area contributed by atoms with Gasteiger partial charge < -0.3 is 5.32 Å². The Morgan fingerprint density at radius 2 is 1.96 bits per heavy atom. The lowest BCUT2D eigenvalue weighted by Gasteiger charge is -2.32. The van der Waals surface area contributed by atoms with Gasteiger partial charge >= 0.3 is 0 Å². The summed E-state index contributed by atoms with van der Waals surface area (Å²) >= 11 is 5.95. The van der Waals surface area contributed by atoms with Gasteiger partial charge in [-0.1, -0.05) is 36.2 Å². The number of sulfonamides is 1. The van der Waals surface area contributed by atoms with Crippen molar-refractivity contribution < 1.29 is 13.2 Å². The molecule has 1 amide bonds. The third-order valence-corrected chi connectivity index (χ3v) is 7.03. The van der Waals surface area contributed by atoms with Crippen LogP contribution in [-0.4, -0.2) is 31.2 Å². The fraction of sp³-hybridized carbons (Fsp3) is 0.350. The standard InChI is InChI=1S/C20H23ClN2O3S/c1-15-6-2-3-11-23(15)27(25,26)19-10-5-8-17(13-19)20(24)22-14-16-7-4-9-18(21)12-16/h4-5,7-10,12-13,15H,2-3,6,11,14H2,1H3,(H,22,24). The zero-order valence-corrected chi connectivity index (χ0v) is 16.8. The predicted molar refractivity (Wildman–Crippen MR) is 106 cm³/mol. The molecule has 1 heterocycles. The molecule has 1 aliphatic heterocycles. The van der Waals surface area contributed by atoms with Gasteiger partial charge in [-0.15, -0.1) is 0 Å². The van der Waals surface area contributed by atoms with Crippen LogP contribution in [0.25, 0.3) is 0 Å². The van der Waals surface area contributed by atoms with Gasteiger partial charge in [0.15, 0.2) is 0 Å². The molecule has 7 heteroatoms. The van der Waals surface area contributed by atoms with Crippen molar-refractivity contribution in [1.29, 1.82) is 0 Å². The molecule has 1 aliphatic rings. The Morgan fingerprint density at radius 3 is 2.70 bits per heavy atom. The number of carbonyl (C=O) groups is 1. The van der Waals surface area contributed by atoms with Crippen LogP contribution in [0.2, 0.25) is 5.02 Å². The largest absolute Gasteiger partial charge is 0.348 e. The number of benzene rings is 2. The van der Waals surface area contributed by atoms with Gasteiger partial charge in [0.1, 0.15) is 0 Å². The van der Waals surface area contributed by atoms with E-state index in [1.54, 1.807) is 34.6 Å². The number of hydrogen-bond acceptors (Lipinski definition) is 3. The van der Waals surface area contributed by atoms with Crippen molar-refractivity contribution in [2.45, 2.75) is 43.7 Å². The van der Waals surface area contributed by atoms with Gasteiger partial charge in [-0.2, -0.15) is 4.31 Å². The van der Waals surface area contributed by atoms with Crippen molar-refractivity contribution in [2.24, 2.45) is 0 Å². The highest BCUT2D eigenvalue weighted by Gasteiger charge is 2.31. The Bertz CT molecular complexity index is 930. The summed E-state index contributed by atoms with van der Waals surface area (Å²) in [5, 5.41) is 3.41. The van der Waals surface area contributed by atoms with E-state index in [1.165, 1.54) is 6.07 Å². The van der Waals surface area contributed by atoms with E-state index in [9.17, 15) is 13.2 Å². The zero-order chi connectivity index (χ0) is 19.4. The molecule has 0 spiro atoms. The lowest BCUT2D eigenvalue weighted by Crippen LogP contribution is -2.42. The molecule has 0 radical (unpaired) electrons. The molecule has 1 N–H and O–H groups in total. The second kappa shape index (κ2) is 8.42. The summed E-state index contributed by atoms with van der Waals surface area (Å²) in [5.41, 5.74) is 1.20. The zero-order valence-electron chi connectivity index (χ0n) is 15.2. The summed E-state index contributed by atoms with van der Waals surface area (Å²) in [5.74, 6) is -0.321. The van der Waals surface area contributed by atoms with E-state index in [0.717, 1.165) is 24.8 Å². The molecule has 2 aromatic carbocycles. The van der Waals surface area contributed by atoms with Crippen LogP contribution in [0.1, 0.15) is 42.1 Å². The first kappa shape index (κ1) is 19.9. The Morgan fingerprint density at radius 1 is 1.19 bits per heavy atom. The normalized spacial score (nSPS) is 18.2. The molecule has 5 nitrogen and oxygen atoms in total. The van der Waals surface area contributed by atoms with Gasteiger partial charge in [-0.25, -0.2) is 8.42 Å². The third-order valence-electron chi connectivity index (χ3n) is 4.79. The Balaban J connectivity index is 1.75. The van der Waals surface area contributed by atoms with Gasteiger partial charge in [-0.3, -0.25) is 4.79 Å². The number of carbonyl (C=O) groups excluding carboxylic acids is 1. The lowest BCUT2D eigenvalue weighted by atomic mass is 10.1. The van der Waals surface area contributed by atoms with E-state index in [1.807, 2.05) is 19.1 Å². The molecule has 144 valence electrons. The topological polar surface area (TPSA) is 66.5 Å². The van der Waals surface area contributed by atoms with E-state index in [4.69, 9.17) is 11.6 Å². The summed E-state index contributed by atoms with van der Waals surface area (Å²) in [6.45, 7) is 2.77. The van der Waals surface area contributed by atoms with Crippen LogP contribution in [0.5, 0.6) is 0 Å². The van der Waals surface area contributed by atoms with Crippen molar-refractivity contribution >= 4 is 27.5 Å². The van der Waals surface area contributed by atoms with E-state index in [0.29, 0.717) is 23.7 Å². The van der Waals surface area contributed by atoms with Gasteiger partial charge in [0, 0.05) is 29.7 Å². The number of piperidine rings is 1. The summed E-state index contributed by atoms with van der Waals surface area (Å²) in [6, 6.07) is 13.4. The molecule has 1 fully saturated rings. The van der Waals surface area contributed by atoms with E-state index < -0.39 is 10.0 Å². The fourth-order valence-electron chi connectivity index (χ4n) is 3.29. The number of rotatable bonds is 5. The van der Waals surface area contributed by atoms with E-state index in [2.05, 4.69) is 5.32 Å². The minimum atomic E-state index is -3.60. The Kier molecular flexibility index (Phi) is 6.19. The van der Waals surface area contributed by atoms with Crippen LogP contribution in [0.15, 0.2) is 53.4 Å². The third kappa shape index (κ3) is 4.69. The van der Waals surface area contributed by atoms with Crippen molar-refractivity contribution in [3.8, 4) is 0 Å². The molecule has 1 saturated heterocycles. The Hall–Kier alpha value is -1.89. The first-order chi connectivity index (χ1) is 12.9. The minimum absolute atomic E-state index is 0.0240. The maximum absolute atomic E-state index is 13.0. The van der Waals surface area contributed by atoms with Gasteiger partial charge in [0.25, 0.3) is 5.91 Å². The van der Waals surface area contributed by atoms with Gasteiger partial charge in [0.05, 0.1) is 4.90 Å². The summed E-state index contributed by atoms with van der Waals surface area (Å²) in [6.07, 6.45) is 2.77. The molecule has 0 bridgehead atoms. The Labute approximate surface area is 165 Å². The first-order valence-corrected chi connectivity index (χ1v) is 10.8. The molecule has 0 saturated carbocycles. The maximum Gasteiger partial charge on any atom is 0.251 e. The number of nitrogens with one attached hydrogen (secondary N) is 1. The van der Waals surface area contributed by atoms with Crippen molar-refractivity contribution in [2.75, 3.05) is 6.54 Å². The molecule has 0 aliphatic carbocycles. The molecule has 0 aromatic heterocycles. The van der Waals surface area contributed by atoms with Crippen molar-refractivity contribution in [3.05, 3.63) is 64.7 Å². The van der Waals surface area contributed by atoms with Gasteiger partial charge in [0.2, 0.25) is 10.0 Å². The average Bonchev–Trinajstić information content (AvgIpc) is 2.66. The number of amides is 1. The minimum Gasteiger partial charge on any atom is -0.348 e. The molecular formula is C20H23ClN2O3S. The smallest absolute Gasteiger partial charge is 0.251 e. The average molecular weight is 407 g/mol. The lowest BCUT2D eigenvalue weighted by molar-refractivity contribution is 0.0950. The maximum atomic E-state index is 13.0. The van der Waals surface area contributed by atoms with E-state index in [-0.39, 0.29) is 16.8 Å². The molecular weight excluding hydrogens is 384 g/mol. The van der Waals surface area contributed by atoms with Crippen LogP contribution in [0.3, 0.4) is 0 Å². The van der Waals surface area contributed by atoms with Crippen LogP contribution in [0.4, 0.5) is 0 Å². The van der Waals surface area contributed by atoms with E-state index >= 15 is 0 Å². The monoisotopic (exact) mass is 406 g/mol. The number of nitrogens with zero attached hydrogens (tertiary/aromatic N) is 1. The second-order valence-electron chi connectivity index (χ2n) is 6.80. The first-order valence-electron chi connectivity index (χ1n) is 9.02. The highest BCUT2D eigenvalue weighted by Crippen LogP contribution is 2.25. The highest BCUT2D eigenvalue weighted by atomic mass is 35.5. The second-order valence-corrected chi connectivity index (χ2v) is 9.13. The summed E-state index contributed by atoms with van der Waals surface area (Å²) < 4.78 is 27.5. The van der Waals surface area contributed by atoms with Crippen LogP contribution in [-0.2, 0) is 16.6 Å². The van der Waals surface area contributed by atoms with Crippen molar-refractivity contribution in [3.63, 3.8) is 0 Å². The quantitative estimate of drug-likeness (QED) is 0.820. The molecule has 27 heavy (non-hydrogen) atoms. The molecule has 3 rings (SSSR count). The molecule has 1 atom stereocenters. The molecule has 2 aromatic rings. The fourth-order valence-corrected chi connectivity index (χ4v) is 5.25. The molecule has 1 unspecified atom stereocenters.